The number of thiazole rings is 1. The van der Waals surface area contributed by atoms with Crippen molar-refractivity contribution >= 4 is 63.8 Å². The van der Waals surface area contributed by atoms with Gasteiger partial charge in [-0.1, -0.05) is 40.8 Å². The number of aromatic nitrogens is 1. The van der Waals surface area contributed by atoms with E-state index in [1.807, 2.05) is 0 Å². The second-order valence-corrected chi connectivity index (χ2v) is 12.3. The van der Waals surface area contributed by atoms with E-state index in [0.717, 1.165) is 11.3 Å². The number of thioether (sulfide) groups is 1. The molecule has 1 saturated heterocycles. The zero-order chi connectivity index (χ0) is 30.2. The molecular formula is C30H24ClN3O7S2. The number of amides is 3. The predicted octanol–water partition coefficient (Wildman–Crippen LogP) is 4.92. The van der Waals surface area contributed by atoms with Gasteiger partial charge in [-0.2, -0.15) is 0 Å². The Balaban J connectivity index is 1.29. The molecule has 2 aliphatic heterocycles. The maximum atomic E-state index is 13.9. The molecule has 0 saturated carbocycles. The lowest BCUT2D eigenvalue weighted by Crippen LogP contribution is -2.32. The summed E-state index contributed by atoms with van der Waals surface area (Å²) in [6.07, 6.45) is 0. The molecule has 3 atom stereocenters. The van der Waals surface area contributed by atoms with Crippen molar-refractivity contribution in [3.8, 4) is 17.2 Å². The first kappa shape index (κ1) is 28.8. The molecule has 0 spiro atoms. The molecule has 220 valence electrons. The molecule has 0 aliphatic carbocycles. The number of hydrogen-bond acceptors (Lipinski definition) is 9. The number of carbonyl (C=O) groups excluding carboxylic acids is 3. The first-order chi connectivity index (χ1) is 20.8. The minimum Gasteiger partial charge on any atom is -0.497 e. The number of ether oxygens (including phenoxy) is 3. The molecule has 13 heteroatoms. The quantitative estimate of drug-likeness (QED) is 0.261. The first-order valence-corrected chi connectivity index (χ1v) is 15.1. The lowest BCUT2D eigenvalue weighted by Gasteiger charge is -2.30. The third-order valence-corrected chi connectivity index (χ3v) is 9.84. The fourth-order valence-corrected chi connectivity index (χ4v) is 7.87. The first-order valence-electron chi connectivity index (χ1n) is 13.0. The number of halogens is 1. The molecule has 3 heterocycles. The Labute approximate surface area is 258 Å². The van der Waals surface area contributed by atoms with Crippen LogP contribution in [0.2, 0.25) is 5.02 Å². The number of methoxy groups -OCH3 is 2. The maximum absolute atomic E-state index is 13.9. The number of carbonyl (C=O) groups is 3. The van der Waals surface area contributed by atoms with Crippen LogP contribution in [0.3, 0.4) is 0 Å². The Bertz CT molecular complexity index is 1770. The lowest BCUT2D eigenvalue weighted by molar-refractivity contribution is -0.122. The zero-order valence-electron chi connectivity index (χ0n) is 22.8. The van der Waals surface area contributed by atoms with Crippen LogP contribution in [0.1, 0.15) is 16.4 Å². The van der Waals surface area contributed by atoms with E-state index in [9.17, 15) is 19.2 Å². The maximum Gasteiger partial charge on any atom is 0.305 e. The van der Waals surface area contributed by atoms with Crippen molar-refractivity contribution in [3.63, 3.8) is 0 Å². The van der Waals surface area contributed by atoms with Gasteiger partial charge in [0.2, 0.25) is 11.8 Å². The normalized spacial score (nSPS) is 19.0. The summed E-state index contributed by atoms with van der Waals surface area (Å²) in [7, 11) is 3.01. The summed E-state index contributed by atoms with van der Waals surface area (Å²) in [5.74, 6) is -1.20. The third-order valence-electron chi connectivity index (χ3n) is 7.19. The van der Waals surface area contributed by atoms with E-state index in [-0.39, 0.29) is 29.2 Å². The SMILES string of the molecule is COc1ccc(N2C(=O)[C@H]3[C@H](c4ccc(OCC(=O)Nc5ccc(Cl)cc5)c(OC)c4)c4sc(=O)[nH]c4S[C@H]3C2=O)cc1. The minimum atomic E-state index is -0.764. The van der Waals surface area contributed by atoms with Crippen LogP contribution >= 0.6 is 34.7 Å². The Morgan fingerprint density at radius 2 is 1.70 bits per heavy atom. The van der Waals surface area contributed by atoms with E-state index >= 15 is 0 Å². The number of fused-ring (bicyclic) bond motifs is 2. The van der Waals surface area contributed by atoms with Gasteiger partial charge in [-0.3, -0.25) is 19.2 Å². The molecule has 0 radical (unpaired) electrons. The van der Waals surface area contributed by atoms with E-state index in [4.69, 9.17) is 25.8 Å². The van der Waals surface area contributed by atoms with Gasteiger partial charge in [-0.05, 0) is 66.2 Å². The zero-order valence-corrected chi connectivity index (χ0v) is 25.2. The van der Waals surface area contributed by atoms with Crippen molar-refractivity contribution in [2.45, 2.75) is 16.2 Å². The van der Waals surface area contributed by atoms with Crippen LogP contribution in [-0.4, -0.2) is 48.8 Å². The number of imide groups is 1. The topological polar surface area (TPSA) is 127 Å². The van der Waals surface area contributed by atoms with Crippen LogP contribution in [-0.2, 0) is 14.4 Å². The van der Waals surface area contributed by atoms with E-state index in [2.05, 4.69) is 10.3 Å². The van der Waals surface area contributed by atoms with Gasteiger partial charge in [0.1, 0.15) is 11.0 Å². The van der Waals surface area contributed by atoms with Crippen LogP contribution in [0.4, 0.5) is 11.4 Å². The largest absolute Gasteiger partial charge is 0.497 e. The number of aromatic amines is 1. The summed E-state index contributed by atoms with van der Waals surface area (Å²) >= 11 is 8.12. The number of benzene rings is 3. The highest BCUT2D eigenvalue weighted by Crippen LogP contribution is 2.53. The molecule has 1 aromatic heterocycles. The van der Waals surface area contributed by atoms with Gasteiger partial charge in [-0.25, -0.2) is 4.90 Å². The Morgan fingerprint density at radius 1 is 0.953 bits per heavy atom. The smallest absolute Gasteiger partial charge is 0.305 e. The molecular weight excluding hydrogens is 614 g/mol. The van der Waals surface area contributed by atoms with Gasteiger partial charge in [0.15, 0.2) is 18.1 Å². The highest BCUT2D eigenvalue weighted by atomic mass is 35.5. The van der Waals surface area contributed by atoms with E-state index < -0.39 is 17.1 Å². The minimum absolute atomic E-state index is 0.270. The van der Waals surface area contributed by atoms with E-state index in [0.29, 0.717) is 49.1 Å². The Kier molecular flexibility index (Phi) is 7.91. The van der Waals surface area contributed by atoms with E-state index in [1.165, 1.54) is 30.9 Å². The van der Waals surface area contributed by atoms with Gasteiger partial charge in [0, 0.05) is 21.5 Å². The van der Waals surface area contributed by atoms with Crippen LogP contribution in [0.5, 0.6) is 17.2 Å². The van der Waals surface area contributed by atoms with Gasteiger partial charge in [0.25, 0.3) is 5.91 Å². The highest BCUT2D eigenvalue weighted by molar-refractivity contribution is 8.00. The van der Waals surface area contributed by atoms with Crippen molar-refractivity contribution in [2.75, 3.05) is 31.0 Å². The second kappa shape index (κ2) is 11.8. The molecule has 43 heavy (non-hydrogen) atoms. The molecule has 3 aromatic carbocycles. The van der Waals surface area contributed by atoms with Crippen molar-refractivity contribution in [1.82, 2.24) is 4.98 Å². The average molecular weight is 638 g/mol. The Morgan fingerprint density at radius 3 is 2.40 bits per heavy atom. The van der Waals surface area contributed by atoms with Crippen molar-refractivity contribution < 1.29 is 28.6 Å². The number of nitrogens with one attached hydrogen (secondary N) is 2. The lowest BCUT2D eigenvalue weighted by atomic mass is 9.83. The van der Waals surface area contributed by atoms with Gasteiger partial charge in [0.05, 0.1) is 30.9 Å². The fraction of sp³-hybridized carbons (Fsp3) is 0.200. The monoisotopic (exact) mass is 637 g/mol. The summed E-state index contributed by atoms with van der Waals surface area (Å²) in [6.45, 7) is -0.281. The number of H-pyrrole nitrogens is 1. The molecule has 4 aromatic rings. The summed E-state index contributed by atoms with van der Waals surface area (Å²) < 4.78 is 16.6. The molecule has 10 nitrogen and oxygen atoms in total. The molecule has 3 amide bonds. The van der Waals surface area contributed by atoms with Crippen LogP contribution in [0, 0.1) is 5.92 Å². The second-order valence-electron chi connectivity index (χ2n) is 9.71. The molecule has 0 bridgehead atoms. The average Bonchev–Trinajstić information content (AvgIpc) is 3.51. The van der Waals surface area contributed by atoms with Gasteiger partial charge < -0.3 is 24.5 Å². The van der Waals surface area contributed by atoms with Crippen molar-refractivity contribution in [1.29, 1.82) is 0 Å². The molecule has 2 aliphatic rings. The van der Waals surface area contributed by atoms with Crippen molar-refractivity contribution in [2.24, 2.45) is 5.92 Å². The molecule has 0 unspecified atom stereocenters. The number of hydrogen-bond donors (Lipinski definition) is 2. The number of rotatable bonds is 8. The fourth-order valence-electron chi connectivity index (χ4n) is 5.23. The summed E-state index contributed by atoms with van der Waals surface area (Å²) in [5.41, 5.74) is 1.68. The summed E-state index contributed by atoms with van der Waals surface area (Å²) in [6, 6.07) is 18.5. The van der Waals surface area contributed by atoms with Gasteiger partial charge in [-0.15, -0.1) is 0 Å². The number of anilines is 2. The van der Waals surface area contributed by atoms with E-state index in [1.54, 1.807) is 66.7 Å². The van der Waals surface area contributed by atoms with Crippen LogP contribution in [0.25, 0.3) is 0 Å². The predicted molar refractivity (Wildman–Crippen MR) is 164 cm³/mol. The van der Waals surface area contributed by atoms with Crippen LogP contribution in [0.15, 0.2) is 76.6 Å². The van der Waals surface area contributed by atoms with Crippen molar-refractivity contribution in [3.05, 3.63) is 91.9 Å². The highest BCUT2D eigenvalue weighted by Gasteiger charge is 2.56. The molecule has 6 rings (SSSR count). The third kappa shape index (κ3) is 5.49. The van der Waals surface area contributed by atoms with Crippen LogP contribution < -0.4 is 29.3 Å². The number of nitrogens with zero attached hydrogens (tertiary/aromatic N) is 1. The summed E-state index contributed by atoms with van der Waals surface area (Å²) in [4.78, 5) is 56.9. The Hall–Kier alpha value is -4.26. The standard InChI is InChI=1S/C30H24ClN3O7S2/c1-39-19-10-8-18(9-11-19)34-28(36)24-23(25-27(33-30(38)43-25)42-26(24)29(34)37)15-3-12-20(21(13-15)40-2)41-14-22(35)32-17-6-4-16(31)5-7-17/h3-13,23-24,26H,14H2,1-2H3,(H,32,35)(H,33,38)/t23-,24-,26+/m0/s1. The van der Waals surface area contributed by atoms with Gasteiger partial charge >= 0.3 is 4.87 Å². The molecule has 2 N–H and O–H groups in total. The summed E-state index contributed by atoms with van der Waals surface area (Å²) in [5, 5.41) is 3.11. The molecule has 1 fully saturated rings.